The van der Waals surface area contributed by atoms with Gasteiger partial charge in [0.15, 0.2) is 10.1 Å². The average molecular weight is 201 g/mol. The van der Waals surface area contributed by atoms with Crippen LogP contribution in [0, 0.1) is 0 Å². The number of halogens is 2. The first-order chi connectivity index (χ1) is 5.00. The predicted octanol–water partition coefficient (Wildman–Crippen LogP) is 0.776. The lowest BCUT2D eigenvalue weighted by Crippen LogP contribution is -2.06. The quantitative estimate of drug-likeness (QED) is 0.391. The van der Waals surface area contributed by atoms with Crippen LogP contribution < -0.4 is 0 Å². The van der Waals surface area contributed by atoms with Crippen LogP contribution in [-0.4, -0.2) is 22.3 Å². The highest BCUT2D eigenvalue weighted by Crippen LogP contribution is 2.14. The van der Waals surface area contributed by atoms with Crippen molar-refractivity contribution in [3.05, 3.63) is 10.1 Å². The molecule has 0 unspecified atom stereocenters. The number of carboxylic acids is 1. The van der Waals surface area contributed by atoms with E-state index in [2.05, 4.69) is 4.89 Å². The Bertz CT molecular complexity index is 221. The highest BCUT2D eigenvalue weighted by atomic mass is 35.5. The molecule has 0 atom stereocenters. The van der Waals surface area contributed by atoms with Crippen LogP contribution in [0.2, 0.25) is 0 Å². The molecule has 5 nitrogen and oxygen atoms in total. The second-order valence-corrected chi connectivity index (χ2v) is 2.07. The zero-order chi connectivity index (χ0) is 9.02. The molecule has 0 bridgehead atoms. The number of aliphatic carboxylic acids is 1. The van der Waals surface area contributed by atoms with Gasteiger partial charge >= 0.3 is 11.9 Å². The average Bonchev–Trinajstić information content (AvgIpc) is 2.00. The Balaban J connectivity index is 4.66. The molecule has 0 radical (unpaired) electrons. The maximum Gasteiger partial charge on any atom is 0.385 e. The Hall–Kier alpha value is -0.780. The van der Waals surface area contributed by atoms with Crippen LogP contribution in [0.3, 0.4) is 0 Å². The van der Waals surface area contributed by atoms with Gasteiger partial charge < -0.3 is 5.11 Å². The summed E-state index contributed by atoms with van der Waals surface area (Å²) in [4.78, 5) is 23.4. The van der Waals surface area contributed by atoms with Crippen LogP contribution in [0.15, 0.2) is 10.1 Å². The van der Waals surface area contributed by atoms with Gasteiger partial charge in [-0.05, 0) is 0 Å². The van der Waals surface area contributed by atoms with Gasteiger partial charge in [0.25, 0.3) is 0 Å². The highest BCUT2D eigenvalue weighted by molar-refractivity contribution is 6.52. The summed E-state index contributed by atoms with van der Waals surface area (Å²) in [5.41, 5.74) is 0. The van der Waals surface area contributed by atoms with Gasteiger partial charge in [0.2, 0.25) is 0 Å². The van der Waals surface area contributed by atoms with E-state index in [9.17, 15) is 9.59 Å². The van der Waals surface area contributed by atoms with Gasteiger partial charge in [0, 0.05) is 0 Å². The van der Waals surface area contributed by atoms with Crippen molar-refractivity contribution >= 4 is 35.1 Å². The van der Waals surface area contributed by atoms with E-state index in [1.807, 2.05) is 0 Å². The molecule has 11 heavy (non-hydrogen) atoms. The molecular formula is C4H2Cl2O5. The Morgan fingerprint density at radius 2 is 1.64 bits per heavy atom. The van der Waals surface area contributed by atoms with Crippen LogP contribution in [-0.2, 0) is 14.5 Å². The SMILES string of the molecule is O=C(O)/C(Cl)=C(/Cl)C(=O)OO. The molecule has 0 aliphatic heterocycles. The lowest BCUT2D eigenvalue weighted by atomic mass is 10.5. The van der Waals surface area contributed by atoms with Crippen molar-refractivity contribution in [3.8, 4) is 0 Å². The molecule has 0 aromatic rings. The molecule has 0 aliphatic carbocycles. The van der Waals surface area contributed by atoms with Crippen molar-refractivity contribution in [2.45, 2.75) is 0 Å². The molecule has 0 spiro atoms. The molecule has 0 saturated carbocycles. The molecule has 2 N–H and O–H groups in total. The number of carboxylic acid groups (broad SMARTS) is 1. The molecule has 0 aliphatic rings. The van der Waals surface area contributed by atoms with E-state index >= 15 is 0 Å². The van der Waals surface area contributed by atoms with E-state index in [0.717, 1.165) is 0 Å². The topological polar surface area (TPSA) is 83.8 Å². The standard InChI is InChI=1S/C4H2Cl2O5/c5-1(3(7)8)2(6)4(9)11-10/h10H,(H,7,8)/b2-1-. The molecule has 0 aromatic carbocycles. The minimum absolute atomic E-state index is 0.887. The third-order valence-electron chi connectivity index (χ3n) is 0.643. The lowest BCUT2D eigenvalue weighted by Gasteiger charge is -1.94. The van der Waals surface area contributed by atoms with Gasteiger partial charge in [-0.3, -0.25) is 4.89 Å². The molecule has 0 fully saturated rings. The van der Waals surface area contributed by atoms with Gasteiger partial charge in [0.05, 0.1) is 0 Å². The van der Waals surface area contributed by atoms with E-state index in [0.29, 0.717) is 0 Å². The lowest BCUT2D eigenvalue weighted by molar-refractivity contribution is -0.228. The highest BCUT2D eigenvalue weighted by Gasteiger charge is 2.18. The van der Waals surface area contributed by atoms with Gasteiger partial charge in [-0.15, -0.1) is 0 Å². The molecule has 0 saturated heterocycles. The van der Waals surface area contributed by atoms with Crippen LogP contribution in [0.25, 0.3) is 0 Å². The van der Waals surface area contributed by atoms with Crippen LogP contribution >= 0.6 is 23.2 Å². The normalized spacial score (nSPS) is 11.9. The van der Waals surface area contributed by atoms with E-state index in [-0.39, 0.29) is 0 Å². The summed E-state index contributed by atoms with van der Waals surface area (Å²) in [7, 11) is 0. The zero-order valence-corrected chi connectivity index (χ0v) is 6.39. The zero-order valence-electron chi connectivity index (χ0n) is 4.88. The maximum atomic E-state index is 10.2. The molecular weight excluding hydrogens is 199 g/mol. The van der Waals surface area contributed by atoms with E-state index in [1.165, 1.54) is 0 Å². The predicted molar refractivity (Wildman–Crippen MR) is 35.1 cm³/mol. The summed E-state index contributed by atoms with van der Waals surface area (Å²) in [6.45, 7) is 0. The van der Waals surface area contributed by atoms with Crippen molar-refractivity contribution in [2.24, 2.45) is 0 Å². The first-order valence-corrected chi connectivity index (χ1v) is 2.90. The number of carbonyl (C=O) groups is 2. The minimum atomic E-state index is -1.58. The second kappa shape index (κ2) is 4.17. The summed E-state index contributed by atoms with van der Waals surface area (Å²) in [5, 5.41) is 14.1. The van der Waals surface area contributed by atoms with Crippen LogP contribution in [0.1, 0.15) is 0 Å². The number of carbonyl (C=O) groups excluding carboxylic acids is 1. The Morgan fingerprint density at radius 1 is 1.18 bits per heavy atom. The van der Waals surface area contributed by atoms with E-state index < -0.39 is 22.0 Å². The summed E-state index contributed by atoms with van der Waals surface area (Å²) >= 11 is 9.99. The first kappa shape index (κ1) is 10.2. The van der Waals surface area contributed by atoms with Crippen LogP contribution in [0.4, 0.5) is 0 Å². The smallest absolute Gasteiger partial charge is 0.385 e. The van der Waals surface area contributed by atoms with Gasteiger partial charge in [-0.1, -0.05) is 23.2 Å². The van der Waals surface area contributed by atoms with Gasteiger partial charge in [-0.25, -0.2) is 9.59 Å². The minimum Gasteiger partial charge on any atom is -0.477 e. The van der Waals surface area contributed by atoms with E-state index in [1.54, 1.807) is 0 Å². The molecule has 0 amide bonds. The summed E-state index contributed by atoms with van der Waals surface area (Å²) in [5.74, 6) is -3.00. The molecule has 0 heterocycles. The van der Waals surface area contributed by atoms with Crippen molar-refractivity contribution < 1.29 is 24.8 Å². The fourth-order valence-corrected chi connectivity index (χ4v) is 0.416. The summed E-state index contributed by atoms with van der Waals surface area (Å²) in [6.07, 6.45) is 0. The monoisotopic (exact) mass is 200 g/mol. The maximum absolute atomic E-state index is 10.2. The van der Waals surface area contributed by atoms with Crippen molar-refractivity contribution in [1.29, 1.82) is 0 Å². The van der Waals surface area contributed by atoms with Crippen molar-refractivity contribution in [3.63, 3.8) is 0 Å². The largest absolute Gasteiger partial charge is 0.477 e. The molecule has 62 valence electrons. The molecule has 0 rings (SSSR count). The third kappa shape index (κ3) is 2.75. The first-order valence-electron chi connectivity index (χ1n) is 2.15. The summed E-state index contributed by atoms with van der Waals surface area (Å²) in [6, 6.07) is 0. The Labute approximate surface area is 70.7 Å². The Kier molecular flexibility index (Phi) is 3.88. The fourth-order valence-electron chi connectivity index (χ4n) is 0.224. The second-order valence-electron chi connectivity index (χ2n) is 1.31. The molecule has 7 heteroatoms. The third-order valence-corrected chi connectivity index (χ3v) is 1.43. The van der Waals surface area contributed by atoms with Crippen LogP contribution in [0.5, 0.6) is 0 Å². The Morgan fingerprint density at radius 3 is 1.91 bits per heavy atom. The van der Waals surface area contributed by atoms with Gasteiger partial charge in [0.1, 0.15) is 0 Å². The number of hydrogen-bond donors (Lipinski definition) is 2. The van der Waals surface area contributed by atoms with Crippen molar-refractivity contribution in [1.82, 2.24) is 0 Å². The molecule has 0 aromatic heterocycles. The van der Waals surface area contributed by atoms with E-state index in [4.69, 9.17) is 33.6 Å². The fraction of sp³-hybridized carbons (Fsp3) is 0. The van der Waals surface area contributed by atoms with Crippen molar-refractivity contribution in [2.75, 3.05) is 0 Å². The summed E-state index contributed by atoms with van der Waals surface area (Å²) < 4.78 is 0. The number of rotatable bonds is 2. The number of hydrogen-bond acceptors (Lipinski definition) is 4. The van der Waals surface area contributed by atoms with Gasteiger partial charge in [-0.2, -0.15) is 5.26 Å².